The number of nitrogens with one attached hydrogen (secondary N) is 1. The van der Waals surface area contributed by atoms with E-state index in [1.165, 1.54) is 0 Å². The fourth-order valence-corrected chi connectivity index (χ4v) is 1.39. The first-order chi connectivity index (χ1) is 9.28. The molecule has 0 aromatic carbocycles. The minimum atomic E-state index is 0.467. The largest absolute Gasteiger partial charge is 0.489 e. The van der Waals surface area contributed by atoms with Gasteiger partial charge in [0.25, 0.3) is 0 Å². The number of methoxy groups -OCH3 is 1. The van der Waals surface area contributed by atoms with Crippen LogP contribution in [0.1, 0.15) is 5.82 Å². The average Bonchev–Trinajstić information content (AvgIpc) is 2.39. The lowest BCUT2D eigenvalue weighted by atomic mass is 10.4. The van der Waals surface area contributed by atoms with E-state index >= 15 is 0 Å². The second-order valence-corrected chi connectivity index (χ2v) is 3.73. The molecule has 100 valence electrons. The highest BCUT2D eigenvalue weighted by Gasteiger charge is 2.01. The van der Waals surface area contributed by atoms with E-state index in [9.17, 15) is 0 Å². The predicted octanol–water partition coefficient (Wildman–Crippen LogP) is 1.34. The van der Waals surface area contributed by atoms with Crippen LogP contribution in [0.25, 0.3) is 0 Å². The summed E-state index contributed by atoms with van der Waals surface area (Å²) in [7, 11) is 1.62. The van der Waals surface area contributed by atoms with Crippen LogP contribution in [-0.4, -0.2) is 40.5 Å². The van der Waals surface area contributed by atoms with Crippen LogP contribution in [0.5, 0.6) is 5.75 Å². The molecule has 2 aromatic rings. The van der Waals surface area contributed by atoms with E-state index in [1.807, 2.05) is 6.92 Å². The molecule has 0 aliphatic carbocycles. The summed E-state index contributed by atoms with van der Waals surface area (Å²) < 4.78 is 10.4. The molecule has 7 heteroatoms. The van der Waals surface area contributed by atoms with Gasteiger partial charge in [-0.1, -0.05) is 0 Å². The topological polar surface area (TPSA) is 82.0 Å². The maximum atomic E-state index is 5.45. The van der Waals surface area contributed by atoms with Gasteiger partial charge in [0.2, 0.25) is 0 Å². The molecule has 0 atom stereocenters. The van der Waals surface area contributed by atoms with E-state index in [0.717, 1.165) is 0 Å². The molecule has 19 heavy (non-hydrogen) atoms. The Bertz CT molecular complexity index is 535. The first kappa shape index (κ1) is 13.2. The number of aromatic nitrogens is 4. The highest BCUT2D eigenvalue weighted by Crippen LogP contribution is 2.16. The van der Waals surface area contributed by atoms with Crippen molar-refractivity contribution in [1.82, 2.24) is 20.2 Å². The summed E-state index contributed by atoms with van der Waals surface area (Å²) in [5.41, 5.74) is 0. The third-order valence-electron chi connectivity index (χ3n) is 2.22. The van der Waals surface area contributed by atoms with E-state index in [-0.39, 0.29) is 0 Å². The maximum Gasteiger partial charge on any atom is 0.157 e. The van der Waals surface area contributed by atoms with E-state index in [2.05, 4.69) is 25.5 Å². The lowest BCUT2D eigenvalue weighted by Gasteiger charge is -2.07. The first-order valence-corrected chi connectivity index (χ1v) is 5.79. The Morgan fingerprint density at radius 1 is 1.26 bits per heavy atom. The lowest BCUT2D eigenvalue weighted by molar-refractivity contribution is 0.146. The smallest absolute Gasteiger partial charge is 0.157 e. The zero-order valence-electron chi connectivity index (χ0n) is 10.8. The Labute approximate surface area is 111 Å². The maximum absolute atomic E-state index is 5.45. The molecule has 2 aromatic heterocycles. The molecule has 2 heterocycles. The molecule has 7 nitrogen and oxygen atoms in total. The Morgan fingerprint density at radius 2 is 2.16 bits per heavy atom. The Morgan fingerprint density at radius 3 is 2.95 bits per heavy atom. The number of anilines is 2. The van der Waals surface area contributed by atoms with Crippen molar-refractivity contribution in [3.05, 3.63) is 30.4 Å². The van der Waals surface area contributed by atoms with Crippen LogP contribution in [0.15, 0.2) is 24.5 Å². The highest BCUT2D eigenvalue weighted by atomic mass is 16.5. The monoisotopic (exact) mass is 261 g/mol. The van der Waals surface area contributed by atoms with E-state index in [0.29, 0.717) is 36.4 Å². The first-order valence-electron chi connectivity index (χ1n) is 5.79. The van der Waals surface area contributed by atoms with Gasteiger partial charge in [0.15, 0.2) is 5.82 Å². The summed E-state index contributed by atoms with van der Waals surface area (Å²) in [5, 5.41) is 10.9. The number of hydrogen-bond donors (Lipinski definition) is 1. The van der Waals surface area contributed by atoms with Crippen molar-refractivity contribution in [2.75, 3.05) is 25.6 Å². The molecule has 0 saturated carbocycles. The lowest BCUT2D eigenvalue weighted by Crippen LogP contribution is -2.05. The van der Waals surface area contributed by atoms with Gasteiger partial charge >= 0.3 is 0 Å². The third-order valence-corrected chi connectivity index (χ3v) is 2.22. The van der Waals surface area contributed by atoms with Crippen molar-refractivity contribution in [3.8, 4) is 5.75 Å². The normalized spacial score (nSPS) is 10.2. The molecule has 0 bridgehead atoms. The van der Waals surface area contributed by atoms with Crippen LogP contribution in [0.3, 0.4) is 0 Å². The average molecular weight is 261 g/mol. The number of aryl methyl sites for hydroxylation is 1. The second-order valence-electron chi connectivity index (χ2n) is 3.73. The van der Waals surface area contributed by atoms with E-state index in [4.69, 9.17) is 9.47 Å². The highest BCUT2D eigenvalue weighted by molar-refractivity contribution is 5.51. The van der Waals surface area contributed by atoms with Gasteiger partial charge < -0.3 is 14.8 Å². The number of rotatable bonds is 6. The minimum Gasteiger partial charge on any atom is -0.489 e. The van der Waals surface area contributed by atoms with Crippen molar-refractivity contribution in [3.63, 3.8) is 0 Å². The molecule has 0 unspecified atom stereocenters. The Kier molecular flexibility index (Phi) is 4.57. The fraction of sp³-hybridized carbons (Fsp3) is 0.333. The van der Waals surface area contributed by atoms with Gasteiger partial charge in [-0.2, -0.15) is 5.10 Å². The predicted molar refractivity (Wildman–Crippen MR) is 69.5 cm³/mol. The molecule has 0 fully saturated rings. The molecule has 0 amide bonds. The van der Waals surface area contributed by atoms with Gasteiger partial charge in [-0.25, -0.2) is 9.97 Å². The standard InChI is InChI=1S/C12H15N5O2/c1-9-13-4-3-11(15-9)16-12-7-10(8-14-17-12)19-6-5-18-2/h3-4,7-8H,5-6H2,1-2H3,(H,13,15,16,17). The molecule has 0 radical (unpaired) electrons. The summed E-state index contributed by atoms with van der Waals surface area (Å²) in [6.45, 7) is 2.81. The van der Waals surface area contributed by atoms with Crippen LogP contribution >= 0.6 is 0 Å². The van der Waals surface area contributed by atoms with Gasteiger partial charge in [-0.3, -0.25) is 0 Å². The number of hydrogen-bond acceptors (Lipinski definition) is 7. The summed E-state index contributed by atoms with van der Waals surface area (Å²) in [5.74, 6) is 2.54. The number of ether oxygens (including phenoxy) is 2. The van der Waals surface area contributed by atoms with Crippen LogP contribution in [0.4, 0.5) is 11.6 Å². The van der Waals surface area contributed by atoms with Gasteiger partial charge in [-0.05, 0) is 13.0 Å². The molecular formula is C12H15N5O2. The van der Waals surface area contributed by atoms with E-state index < -0.39 is 0 Å². The van der Waals surface area contributed by atoms with Crippen molar-refractivity contribution >= 4 is 11.6 Å². The van der Waals surface area contributed by atoms with E-state index in [1.54, 1.807) is 31.6 Å². The van der Waals surface area contributed by atoms with Gasteiger partial charge in [0.1, 0.15) is 24.0 Å². The SMILES string of the molecule is COCCOc1cnnc(Nc2ccnc(C)n2)c1. The van der Waals surface area contributed by atoms with Crippen LogP contribution < -0.4 is 10.1 Å². The zero-order valence-corrected chi connectivity index (χ0v) is 10.8. The van der Waals surface area contributed by atoms with Crippen molar-refractivity contribution < 1.29 is 9.47 Å². The fourth-order valence-electron chi connectivity index (χ4n) is 1.39. The van der Waals surface area contributed by atoms with Crippen LogP contribution in [0.2, 0.25) is 0 Å². The molecule has 0 spiro atoms. The zero-order chi connectivity index (χ0) is 13.5. The molecular weight excluding hydrogens is 246 g/mol. The minimum absolute atomic E-state index is 0.467. The summed E-state index contributed by atoms with van der Waals surface area (Å²) in [6.07, 6.45) is 3.23. The molecule has 0 aliphatic rings. The van der Waals surface area contributed by atoms with Crippen molar-refractivity contribution in [2.45, 2.75) is 6.92 Å². The molecule has 0 aliphatic heterocycles. The van der Waals surface area contributed by atoms with Crippen LogP contribution in [0, 0.1) is 6.92 Å². The quantitative estimate of drug-likeness (QED) is 0.786. The summed E-state index contributed by atoms with van der Waals surface area (Å²) in [6, 6.07) is 3.51. The van der Waals surface area contributed by atoms with Crippen molar-refractivity contribution in [1.29, 1.82) is 0 Å². The van der Waals surface area contributed by atoms with Crippen LogP contribution in [-0.2, 0) is 4.74 Å². The second kappa shape index (κ2) is 6.60. The Balaban J connectivity index is 2.02. The summed E-state index contributed by atoms with van der Waals surface area (Å²) in [4.78, 5) is 8.25. The Hall–Kier alpha value is -2.28. The van der Waals surface area contributed by atoms with Crippen molar-refractivity contribution in [2.24, 2.45) is 0 Å². The van der Waals surface area contributed by atoms with Gasteiger partial charge in [0, 0.05) is 19.4 Å². The number of nitrogens with zero attached hydrogens (tertiary/aromatic N) is 4. The molecule has 0 saturated heterocycles. The molecule has 1 N–H and O–H groups in total. The van der Waals surface area contributed by atoms with Gasteiger partial charge in [0.05, 0.1) is 12.8 Å². The molecule has 2 rings (SSSR count). The summed E-state index contributed by atoms with van der Waals surface area (Å²) >= 11 is 0. The van der Waals surface area contributed by atoms with Gasteiger partial charge in [-0.15, -0.1) is 5.10 Å². The third kappa shape index (κ3) is 4.14.